The second kappa shape index (κ2) is 14.6. The van der Waals surface area contributed by atoms with Gasteiger partial charge < -0.3 is 39.0 Å². The summed E-state index contributed by atoms with van der Waals surface area (Å²) < 4.78 is 22.8. The van der Waals surface area contributed by atoms with E-state index in [9.17, 15) is 19.2 Å². The summed E-state index contributed by atoms with van der Waals surface area (Å²) in [6, 6.07) is 5.24. The van der Waals surface area contributed by atoms with E-state index in [0.29, 0.717) is 50.1 Å². The fourth-order valence-corrected chi connectivity index (χ4v) is 5.92. The molecule has 1 N–H and O–H groups in total. The van der Waals surface area contributed by atoms with E-state index in [4.69, 9.17) is 18.9 Å². The van der Waals surface area contributed by atoms with Crippen LogP contribution in [0.2, 0.25) is 0 Å². The van der Waals surface area contributed by atoms with Gasteiger partial charge in [0.25, 0.3) is 5.91 Å². The largest absolute Gasteiger partial charge is 0.476 e. The minimum atomic E-state index is -1.05. The molecule has 46 heavy (non-hydrogen) atoms. The number of nitrogens with zero attached hydrogens (tertiary/aromatic N) is 3. The third kappa shape index (κ3) is 8.70. The summed E-state index contributed by atoms with van der Waals surface area (Å²) in [6.07, 6.45) is 1.40. The third-order valence-corrected chi connectivity index (χ3v) is 8.23. The number of hydrogen-bond acceptors (Lipinski definition) is 8. The Morgan fingerprint density at radius 3 is 2.39 bits per heavy atom. The van der Waals surface area contributed by atoms with Gasteiger partial charge in [-0.15, -0.1) is 0 Å². The van der Waals surface area contributed by atoms with E-state index in [1.807, 2.05) is 32.9 Å². The van der Waals surface area contributed by atoms with Crippen LogP contribution in [0.1, 0.15) is 74.7 Å². The molecule has 4 rings (SSSR count). The van der Waals surface area contributed by atoms with Crippen LogP contribution in [0.5, 0.6) is 5.75 Å². The van der Waals surface area contributed by atoms with E-state index in [1.54, 1.807) is 50.5 Å². The minimum Gasteiger partial charge on any atom is -0.476 e. The average molecular weight is 645 g/mol. The molecule has 1 aromatic rings. The first kappa shape index (κ1) is 35.5. The fourth-order valence-electron chi connectivity index (χ4n) is 5.92. The highest BCUT2D eigenvalue weighted by Gasteiger charge is 2.45. The molecular weight excluding hydrogens is 592 g/mol. The lowest BCUT2D eigenvalue weighted by molar-refractivity contribution is -0.133. The molecule has 1 saturated heterocycles. The Morgan fingerprint density at radius 1 is 1.09 bits per heavy atom. The van der Waals surface area contributed by atoms with E-state index < -0.39 is 29.1 Å². The van der Waals surface area contributed by atoms with Crippen molar-refractivity contribution in [2.45, 2.75) is 97.9 Å². The number of ether oxygens (including phenoxy) is 4. The van der Waals surface area contributed by atoms with Gasteiger partial charge in [0.1, 0.15) is 11.4 Å². The Balaban J connectivity index is 1.63. The number of carbonyl (C=O) groups excluding carboxylic acids is 4. The maximum absolute atomic E-state index is 14.5. The summed E-state index contributed by atoms with van der Waals surface area (Å²) in [5.74, 6) is -1.27. The smallest absolute Gasteiger partial charge is 0.410 e. The van der Waals surface area contributed by atoms with Gasteiger partial charge in [-0.25, -0.2) is 4.79 Å². The highest BCUT2D eigenvalue weighted by molar-refractivity contribution is 6.04. The van der Waals surface area contributed by atoms with Crippen molar-refractivity contribution in [2.75, 3.05) is 55.9 Å². The van der Waals surface area contributed by atoms with Crippen molar-refractivity contribution < 1.29 is 38.1 Å². The van der Waals surface area contributed by atoms with E-state index in [2.05, 4.69) is 5.32 Å². The Morgan fingerprint density at radius 2 is 1.76 bits per heavy atom. The monoisotopic (exact) mass is 644 g/mol. The SMILES string of the molecule is CCOCCN1C(=O)C(C)(C)Oc2ccc(N(C(=O)C3CC(C(=O)N[C@H](C)COCC)CN(C(=O)OC(C)(C)C)C3)C3CC3)cc21. The van der Waals surface area contributed by atoms with Crippen LogP contribution < -0.4 is 19.9 Å². The van der Waals surface area contributed by atoms with Gasteiger partial charge in [-0.1, -0.05) is 0 Å². The van der Waals surface area contributed by atoms with Crippen molar-refractivity contribution in [1.82, 2.24) is 10.2 Å². The van der Waals surface area contributed by atoms with Crippen molar-refractivity contribution in [3.8, 4) is 5.75 Å². The molecule has 0 bridgehead atoms. The number of amides is 4. The lowest BCUT2D eigenvalue weighted by Crippen LogP contribution is -2.54. The molecule has 3 aliphatic rings. The zero-order valence-corrected chi connectivity index (χ0v) is 28.7. The topological polar surface area (TPSA) is 127 Å². The molecule has 2 fully saturated rings. The molecule has 2 aliphatic heterocycles. The van der Waals surface area contributed by atoms with Crippen LogP contribution in [0.3, 0.4) is 0 Å². The van der Waals surface area contributed by atoms with Gasteiger partial charge in [0.2, 0.25) is 11.8 Å². The van der Waals surface area contributed by atoms with Crippen molar-refractivity contribution in [2.24, 2.45) is 11.8 Å². The van der Waals surface area contributed by atoms with Gasteiger partial charge in [-0.05, 0) is 92.9 Å². The number of anilines is 2. The minimum absolute atomic E-state index is 0.0190. The molecule has 1 aromatic carbocycles. The van der Waals surface area contributed by atoms with E-state index in [-0.39, 0.29) is 49.3 Å². The van der Waals surface area contributed by atoms with Crippen LogP contribution in [0.15, 0.2) is 18.2 Å². The molecule has 1 aliphatic carbocycles. The normalized spacial score (nSPS) is 21.6. The second-order valence-corrected chi connectivity index (χ2v) is 13.9. The van der Waals surface area contributed by atoms with Crippen LogP contribution in [0.4, 0.5) is 16.2 Å². The molecule has 0 aromatic heterocycles. The number of piperidine rings is 1. The lowest BCUT2D eigenvalue weighted by Gasteiger charge is -2.40. The zero-order valence-electron chi connectivity index (χ0n) is 28.7. The maximum atomic E-state index is 14.5. The molecular formula is C34H52N4O8. The van der Waals surface area contributed by atoms with Gasteiger partial charge in [0, 0.05) is 50.6 Å². The first-order chi connectivity index (χ1) is 21.6. The molecule has 0 radical (unpaired) electrons. The molecule has 2 unspecified atom stereocenters. The molecule has 1 saturated carbocycles. The van der Waals surface area contributed by atoms with E-state index >= 15 is 0 Å². The van der Waals surface area contributed by atoms with E-state index in [0.717, 1.165) is 12.8 Å². The Kier molecular flexibility index (Phi) is 11.2. The number of carbonyl (C=O) groups is 4. The predicted octanol–water partition coefficient (Wildman–Crippen LogP) is 4.14. The molecule has 4 amide bonds. The van der Waals surface area contributed by atoms with Gasteiger partial charge in [-0.2, -0.15) is 0 Å². The van der Waals surface area contributed by atoms with Crippen molar-refractivity contribution in [1.29, 1.82) is 0 Å². The van der Waals surface area contributed by atoms with Crippen LogP contribution in [-0.4, -0.2) is 98.1 Å². The Bertz CT molecular complexity index is 1270. The standard InChI is InChI=1S/C34H52N4O8/c1-9-43-16-15-37-27-18-26(13-14-28(27)45-34(7,8)31(37)41)38(25-11-12-25)30(40)24-17-23(29(39)35-22(3)21-44-10-2)19-36(20-24)32(42)46-33(4,5)6/h13-14,18,22-25H,9-12,15-17,19-21H2,1-8H3,(H,35,39)/t22-,23?,24?/m1/s1. The Labute approximate surface area is 273 Å². The number of rotatable bonds is 12. The number of fused-ring (bicyclic) bond motifs is 1. The molecule has 12 nitrogen and oxygen atoms in total. The lowest BCUT2D eigenvalue weighted by atomic mass is 9.87. The predicted molar refractivity (Wildman–Crippen MR) is 174 cm³/mol. The average Bonchev–Trinajstić information content (AvgIpc) is 3.82. The van der Waals surface area contributed by atoms with Gasteiger partial charge in [0.05, 0.1) is 30.7 Å². The number of benzene rings is 1. The first-order valence-electron chi connectivity index (χ1n) is 16.6. The molecule has 0 spiro atoms. The quantitative estimate of drug-likeness (QED) is 0.337. The summed E-state index contributed by atoms with van der Waals surface area (Å²) in [5.41, 5.74) is -0.553. The highest BCUT2D eigenvalue weighted by atomic mass is 16.6. The van der Waals surface area contributed by atoms with Gasteiger partial charge in [0.15, 0.2) is 5.60 Å². The first-order valence-corrected chi connectivity index (χ1v) is 16.6. The number of likely N-dealkylation sites (tertiary alicyclic amines) is 1. The Hall–Kier alpha value is -3.38. The number of hydrogen-bond donors (Lipinski definition) is 1. The summed E-state index contributed by atoms with van der Waals surface area (Å²) in [7, 11) is 0. The van der Waals surface area contributed by atoms with E-state index in [1.165, 1.54) is 4.90 Å². The summed E-state index contributed by atoms with van der Waals surface area (Å²) in [6.45, 7) is 16.9. The van der Waals surface area contributed by atoms with Crippen LogP contribution in [-0.2, 0) is 28.6 Å². The number of nitrogens with one attached hydrogen (secondary N) is 1. The van der Waals surface area contributed by atoms with Crippen molar-refractivity contribution in [3.63, 3.8) is 0 Å². The van der Waals surface area contributed by atoms with Crippen LogP contribution >= 0.6 is 0 Å². The third-order valence-electron chi connectivity index (χ3n) is 8.23. The summed E-state index contributed by atoms with van der Waals surface area (Å²) in [5, 5.41) is 2.99. The van der Waals surface area contributed by atoms with Crippen LogP contribution in [0.25, 0.3) is 0 Å². The van der Waals surface area contributed by atoms with Crippen molar-refractivity contribution in [3.05, 3.63) is 18.2 Å². The summed E-state index contributed by atoms with van der Waals surface area (Å²) >= 11 is 0. The van der Waals surface area contributed by atoms with Crippen molar-refractivity contribution >= 4 is 35.2 Å². The molecule has 12 heteroatoms. The molecule has 2 heterocycles. The van der Waals surface area contributed by atoms with Crippen LogP contribution in [0, 0.1) is 11.8 Å². The molecule has 3 atom stereocenters. The van der Waals surface area contributed by atoms with Gasteiger partial charge >= 0.3 is 6.09 Å². The molecule has 256 valence electrons. The fraction of sp³-hybridized carbons (Fsp3) is 0.706. The summed E-state index contributed by atoms with van der Waals surface area (Å²) in [4.78, 5) is 59.5. The highest BCUT2D eigenvalue weighted by Crippen LogP contribution is 2.43. The maximum Gasteiger partial charge on any atom is 0.410 e. The zero-order chi connectivity index (χ0) is 33.8. The van der Waals surface area contributed by atoms with Gasteiger partial charge in [-0.3, -0.25) is 14.4 Å². The second-order valence-electron chi connectivity index (χ2n) is 13.9.